The summed E-state index contributed by atoms with van der Waals surface area (Å²) >= 11 is 0. The number of allylic oxidation sites excluding steroid dienone is 3. The van der Waals surface area contributed by atoms with Crippen molar-refractivity contribution in [1.82, 2.24) is 9.97 Å². The molecule has 0 saturated heterocycles. The molecule has 3 heterocycles. The van der Waals surface area contributed by atoms with Crippen molar-refractivity contribution in [3.8, 4) is 33.8 Å². The molecule has 1 aliphatic carbocycles. The predicted molar refractivity (Wildman–Crippen MR) is 174 cm³/mol. The maximum Gasteiger partial charge on any atom is 0.0934 e. The van der Waals surface area contributed by atoms with E-state index >= 15 is 0 Å². The summed E-state index contributed by atoms with van der Waals surface area (Å²) in [5.41, 5.74) is 12.7. The Balaban J connectivity index is 1.44. The second kappa shape index (κ2) is 11.3. The molecule has 0 atom stereocenters. The van der Waals surface area contributed by atoms with Crippen LogP contribution in [0.3, 0.4) is 0 Å². The number of aromatic nitrogens is 2. The Morgan fingerprint density at radius 1 is 0.738 bits per heavy atom. The molecular weight excluding hydrogens is 512 g/mol. The van der Waals surface area contributed by atoms with E-state index in [0.717, 1.165) is 63.7 Å². The molecule has 42 heavy (non-hydrogen) atoms. The molecule has 5 aromatic rings. The highest BCUT2D eigenvalue weighted by Gasteiger charge is 2.28. The van der Waals surface area contributed by atoms with E-state index in [4.69, 9.17) is 4.98 Å². The van der Waals surface area contributed by atoms with Crippen LogP contribution in [0.5, 0.6) is 0 Å². The van der Waals surface area contributed by atoms with Crippen LogP contribution in [0.25, 0.3) is 39.5 Å². The van der Waals surface area contributed by atoms with Crippen molar-refractivity contribution < 1.29 is 0 Å². The fourth-order valence-corrected chi connectivity index (χ4v) is 5.88. The summed E-state index contributed by atoms with van der Waals surface area (Å²) < 4.78 is 0. The molecule has 0 saturated carbocycles. The maximum atomic E-state index is 5.02. The lowest BCUT2D eigenvalue weighted by Crippen LogP contribution is -2.26. The molecule has 3 aromatic carbocycles. The van der Waals surface area contributed by atoms with E-state index in [1.54, 1.807) is 6.20 Å². The van der Waals surface area contributed by atoms with E-state index in [1.165, 1.54) is 16.7 Å². The van der Waals surface area contributed by atoms with Gasteiger partial charge in [0.15, 0.2) is 0 Å². The van der Waals surface area contributed by atoms with Crippen LogP contribution in [0.4, 0.5) is 5.69 Å². The van der Waals surface area contributed by atoms with Crippen molar-refractivity contribution >= 4 is 18.1 Å². The fourth-order valence-electron chi connectivity index (χ4n) is 5.88. The van der Waals surface area contributed by atoms with Gasteiger partial charge in [-0.25, -0.2) is 4.98 Å². The highest BCUT2D eigenvalue weighted by atomic mass is 15.2. The molecule has 0 unspecified atom stereocenters. The van der Waals surface area contributed by atoms with Crippen LogP contribution in [-0.2, 0) is 6.54 Å². The summed E-state index contributed by atoms with van der Waals surface area (Å²) in [5.74, 6) is 0. The van der Waals surface area contributed by atoms with E-state index in [1.807, 2.05) is 24.3 Å². The van der Waals surface area contributed by atoms with Crippen LogP contribution in [0, 0.1) is 0 Å². The zero-order valence-corrected chi connectivity index (χ0v) is 23.3. The Morgan fingerprint density at radius 2 is 1.55 bits per heavy atom. The molecule has 0 N–H and O–H groups in total. The standard InChI is InChI=1S/C38H30N4/c1-39-37(27-13-4-2-5-14-27)38(28-15-6-3-7-16-28)42-26-30-17-8-9-18-31(30)32-23-22-29(25-36(32)42)33-20-12-21-35(41-33)34-19-10-11-24-40-34/h3-4,6-25H,1-2,5,26H2/b38-37-. The second-order valence-corrected chi connectivity index (χ2v) is 10.5. The van der Waals surface area contributed by atoms with Gasteiger partial charge in [0.05, 0.1) is 34.2 Å². The molecule has 4 nitrogen and oxygen atoms in total. The van der Waals surface area contributed by atoms with Crippen molar-refractivity contribution in [2.75, 3.05) is 4.90 Å². The average molecular weight is 543 g/mol. The number of hydrogen-bond donors (Lipinski definition) is 0. The van der Waals surface area contributed by atoms with Gasteiger partial charge in [0.1, 0.15) is 0 Å². The highest BCUT2D eigenvalue weighted by molar-refractivity contribution is 5.95. The molecule has 0 amide bonds. The van der Waals surface area contributed by atoms with Gasteiger partial charge < -0.3 is 4.90 Å². The summed E-state index contributed by atoms with van der Waals surface area (Å²) in [4.78, 5) is 16.6. The molecule has 7 rings (SSSR count). The largest absolute Gasteiger partial charge is 0.334 e. The Kier molecular flexibility index (Phi) is 6.87. The van der Waals surface area contributed by atoms with Crippen molar-refractivity contribution in [3.63, 3.8) is 0 Å². The zero-order valence-electron chi connectivity index (χ0n) is 23.3. The fraction of sp³-hybridized carbons (Fsp3) is 0.0789. The summed E-state index contributed by atoms with van der Waals surface area (Å²) in [6, 6.07) is 37.9. The van der Waals surface area contributed by atoms with Crippen molar-refractivity contribution in [2.45, 2.75) is 19.4 Å². The lowest BCUT2D eigenvalue weighted by atomic mass is 9.90. The van der Waals surface area contributed by atoms with Gasteiger partial charge in [-0.15, -0.1) is 0 Å². The molecule has 0 bridgehead atoms. The van der Waals surface area contributed by atoms with Gasteiger partial charge in [0, 0.05) is 29.4 Å². The normalized spacial score (nSPS) is 14.4. The van der Waals surface area contributed by atoms with E-state index < -0.39 is 0 Å². The Labute approximate surface area is 246 Å². The molecule has 2 aliphatic rings. The number of hydrogen-bond acceptors (Lipinski definition) is 4. The first-order chi connectivity index (χ1) is 20.8. The van der Waals surface area contributed by atoms with Crippen LogP contribution < -0.4 is 4.90 Å². The van der Waals surface area contributed by atoms with E-state index in [2.05, 4.69) is 125 Å². The molecule has 202 valence electrons. The number of anilines is 1. The predicted octanol–water partition coefficient (Wildman–Crippen LogP) is 9.14. The van der Waals surface area contributed by atoms with Gasteiger partial charge in [-0.3, -0.25) is 9.98 Å². The zero-order chi connectivity index (χ0) is 28.3. The smallest absolute Gasteiger partial charge is 0.0934 e. The lowest BCUT2D eigenvalue weighted by Gasteiger charge is -2.36. The molecule has 2 aromatic heterocycles. The summed E-state index contributed by atoms with van der Waals surface area (Å²) in [7, 11) is 0. The van der Waals surface area contributed by atoms with Crippen LogP contribution in [0.2, 0.25) is 0 Å². The number of fused-ring (bicyclic) bond motifs is 3. The van der Waals surface area contributed by atoms with E-state index in [9.17, 15) is 0 Å². The summed E-state index contributed by atoms with van der Waals surface area (Å²) in [6.07, 6.45) is 10.5. The molecule has 0 spiro atoms. The second-order valence-electron chi connectivity index (χ2n) is 10.5. The van der Waals surface area contributed by atoms with Crippen molar-refractivity contribution in [2.24, 2.45) is 4.99 Å². The van der Waals surface area contributed by atoms with Crippen LogP contribution in [0.15, 0.2) is 150 Å². The highest BCUT2D eigenvalue weighted by Crippen LogP contribution is 2.46. The minimum Gasteiger partial charge on any atom is -0.334 e. The van der Waals surface area contributed by atoms with Crippen molar-refractivity contribution in [1.29, 1.82) is 0 Å². The van der Waals surface area contributed by atoms with E-state index in [0.29, 0.717) is 6.54 Å². The van der Waals surface area contributed by atoms with Crippen LogP contribution in [-0.4, -0.2) is 16.7 Å². The Morgan fingerprint density at radius 3 is 2.36 bits per heavy atom. The van der Waals surface area contributed by atoms with Gasteiger partial charge in [0.25, 0.3) is 0 Å². The monoisotopic (exact) mass is 542 g/mol. The first-order valence-corrected chi connectivity index (χ1v) is 14.3. The number of aliphatic imine (C=N–C) groups is 1. The van der Waals surface area contributed by atoms with Gasteiger partial charge >= 0.3 is 0 Å². The average Bonchev–Trinajstić information content (AvgIpc) is 3.08. The third kappa shape index (κ3) is 4.77. The third-order valence-corrected chi connectivity index (χ3v) is 7.86. The molecule has 1 aliphatic heterocycles. The minimum atomic E-state index is 0.717. The minimum absolute atomic E-state index is 0.717. The quantitative estimate of drug-likeness (QED) is 0.201. The first-order valence-electron chi connectivity index (χ1n) is 14.3. The summed E-state index contributed by atoms with van der Waals surface area (Å²) in [5, 5.41) is 0. The number of pyridine rings is 2. The number of benzene rings is 3. The lowest BCUT2D eigenvalue weighted by molar-refractivity contribution is 0.956. The van der Waals surface area contributed by atoms with Gasteiger partial charge in [-0.2, -0.15) is 0 Å². The SMILES string of the molecule is C=N/C(C1=CCCC=C1)=C(/c1ccccc1)N1Cc2ccccc2-c2ccc(-c3cccc(-c4ccccn4)n3)cc21. The first kappa shape index (κ1) is 25.6. The number of nitrogens with zero attached hydrogens (tertiary/aromatic N) is 4. The topological polar surface area (TPSA) is 41.4 Å². The van der Waals surface area contributed by atoms with Gasteiger partial charge in [0.2, 0.25) is 0 Å². The summed E-state index contributed by atoms with van der Waals surface area (Å²) in [6.45, 7) is 4.77. The van der Waals surface area contributed by atoms with Crippen molar-refractivity contribution in [3.05, 3.63) is 156 Å². The molecule has 0 fully saturated rings. The molecule has 4 heteroatoms. The third-order valence-electron chi connectivity index (χ3n) is 7.86. The maximum absolute atomic E-state index is 5.02. The van der Waals surface area contributed by atoms with Crippen LogP contribution in [0.1, 0.15) is 24.0 Å². The van der Waals surface area contributed by atoms with Gasteiger partial charge in [-0.1, -0.05) is 97.1 Å². The van der Waals surface area contributed by atoms with E-state index in [-0.39, 0.29) is 0 Å². The Bertz CT molecular complexity index is 1870. The molecule has 0 radical (unpaired) electrons. The van der Waals surface area contributed by atoms with Crippen LogP contribution >= 0.6 is 0 Å². The number of rotatable bonds is 6. The Hall–Kier alpha value is -5.35. The molecular formula is C38H30N4. The van der Waals surface area contributed by atoms with Gasteiger partial charge in [-0.05, 0) is 66.6 Å².